The van der Waals surface area contributed by atoms with Gasteiger partial charge in [-0.2, -0.15) is 0 Å². The van der Waals surface area contributed by atoms with Gasteiger partial charge in [-0.1, -0.05) is 30.3 Å². The highest BCUT2D eigenvalue weighted by Crippen LogP contribution is 2.23. The molecule has 5 heteroatoms. The molecule has 0 saturated carbocycles. The van der Waals surface area contributed by atoms with E-state index in [1.807, 2.05) is 7.05 Å². The average Bonchev–Trinajstić information content (AvgIpc) is 3.02. The van der Waals surface area contributed by atoms with Gasteiger partial charge in [0.2, 0.25) is 0 Å². The number of rotatable bonds is 8. The van der Waals surface area contributed by atoms with Crippen molar-refractivity contribution in [1.29, 1.82) is 0 Å². The maximum atomic E-state index is 5.80. The number of benzene rings is 1. The van der Waals surface area contributed by atoms with Gasteiger partial charge in [-0.25, -0.2) is 0 Å². The second-order valence-electron chi connectivity index (χ2n) is 6.83. The number of aliphatic imine (C=N–C) groups is 1. The SMILES string of the molecule is CN=C(NCCCN(C)Cc1ccccc1)NCC1(C)CCCO1. The molecule has 1 aromatic rings. The molecule has 1 heterocycles. The van der Waals surface area contributed by atoms with Gasteiger partial charge < -0.3 is 20.3 Å². The molecule has 1 unspecified atom stereocenters. The summed E-state index contributed by atoms with van der Waals surface area (Å²) in [6.45, 7) is 6.80. The Morgan fingerprint density at radius 3 is 2.75 bits per heavy atom. The van der Waals surface area contributed by atoms with Gasteiger partial charge in [0, 0.05) is 33.3 Å². The number of guanidine groups is 1. The van der Waals surface area contributed by atoms with E-state index in [9.17, 15) is 0 Å². The Bertz CT molecular complexity index is 497. The van der Waals surface area contributed by atoms with Crippen molar-refractivity contribution in [2.75, 3.05) is 40.3 Å². The van der Waals surface area contributed by atoms with E-state index < -0.39 is 0 Å². The lowest BCUT2D eigenvalue weighted by Crippen LogP contribution is -2.46. The topological polar surface area (TPSA) is 48.9 Å². The normalized spacial score (nSPS) is 21.2. The van der Waals surface area contributed by atoms with Crippen LogP contribution in [0.15, 0.2) is 35.3 Å². The van der Waals surface area contributed by atoms with Crippen LogP contribution in [0.4, 0.5) is 0 Å². The van der Waals surface area contributed by atoms with Gasteiger partial charge >= 0.3 is 0 Å². The van der Waals surface area contributed by atoms with Crippen molar-refractivity contribution < 1.29 is 4.74 Å². The maximum absolute atomic E-state index is 5.80. The zero-order valence-electron chi connectivity index (χ0n) is 15.3. The Labute approximate surface area is 146 Å². The fraction of sp³-hybridized carbons (Fsp3) is 0.632. The standard InChI is InChI=1S/C19H32N4O/c1-19(11-7-14-24-19)16-22-18(20-2)21-12-8-13-23(3)15-17-9-5-4-6-10-17/h4-6,9-10H,7-8,11-16H2,1-3H3,(H2,20,21,22). The molecule has 0 bridgehead atoms. The molecule has 1 atom stereocenters. The van der Waals surface area contributed by atoms with E-state index in [1.165, 1.54) is 5.56 Å². The van der Waals surface area contributed by atoms with Crippen LogP contribution >= 0.6 is 0 Å². The van der Waals surface area contributed by atoms with E-state index in [4.69, 9.17) is 4.74 Å². The largest absolute Gasteiger partial charge is 0.373 e. The second-order valence-corrected chi connectivity index (χ2v) is 6.83. The van der Waals surface area contributed by atoms with Crippen molar-refractivity contribution in [2.45, 2.75) is 38.3 Å². The Kier molecular flexibility index (Phi) is 7.53. The van der Waals surface area contributed by atoms with Crippen LogP contribution in [0.3, 0.4) is 0 Å². The molecule has 2 N–H and O–H groups in total. The van der Waals surface area contributed by atoms with Gasteiger partial charge in [-0.05, 0) is 45.3 Å². The molecule has 0 radical (unpaired) electrons. The summed E-state index contributed by atoms with van der Waals surface area (Å²) >= 11 is 0. The van der Waals surface area contributed by atoms with Gasteiger partial charge in [0.15, 0.2) is 5.96 Å². The molecule has 134 valence electrons. The third kappa shape index (κ3) is 6.49. The first kappa shape index (κ1) is 18.7. The molecule has 1 aromatic carbocycles. The number of hydrogen-bond donors (Lipinski definition) is 2. The van der Waals surface area contributed by atoms with E-state index in [1.54, 1.807) is 0 Å². The van der Waals surface area contributed by atoms with Gasteiger partial charge in [-0.15, -0.1) is 0 Å². The highest BCUT2D eigenvalue weighted by atomic mass is 16.5. The summed E-state index contributed by atoms with van der Waals surface area (Å²) in [4.78, 5) is 6.64. The first-order valence-corrected chi connectivity index (χ1v) is 8.92. The first-order chi connectivity index (χ1) is 11.6. The fourth-order valence-electron chi connectivity index (χ4n) is 3.00. The Morgan fingerprint density at radius 2 is 2.08 bits per heavy atom. The van der Waals surface area contributed by atoms with Crippen LogP contribution in [-0.4, -0.2) is 56.8 Å². The molecule has 1 fully saturated rings. The summed E-state index contributed by atoms with van der Waals surface area (Å²) in [5.74, 6) is 0.859. The van der Waals surface area contributed by atoms with E-state index >= 15 is 0 Å². The van der Waals surface area contributed by atoms with Crippen LogP contribution in [0.2, 0.25) is 0 Å². The van der Waals surface area contributed by atoms with Crippen molar-refractivity contribution in [3.63, 3.8) is 0 Å². The highest BCUT2D eigenvalue weighted by molar-refractivity contribution is 5.79. The lowest BCUT2D eigenvalue weighted by molar-refractivity contribution is 0.0243. The molecule has 0 aliphatic carbocycles. The summed E-state index contributed by atoms with van der Waals surface area (Å²) < 4.78 is 5.80. The van der Waals surface area contributed by atoms with Crippen LogP contribution in [0, 0.1) is 0 Å². The predicted octanol–water partition coefficient (Wildman–Crippen LogP) is 2.24. The van der Waals surface area contributed by atoms with E-state index in [0.29, 0.717) is 0 Å². The van der Waals surface area contributed by atoms with Crippen LogP contribution < -0.4 is 10.6 Å². The lowest BCUT2D eigenvalue weighted by atomic mass is 10.0. The zero-order valence-corrected chi connectivity index (χ0v) is 15.3. The molecule has 24 heavy (non-hydrogen) atoms. The molecule has 2 rings (SSSR count). The Balaban J connectivity index is 1.59. The Morgan fingerprint density at radius 1 is 1.29 bits per heavy atom. The highest BCUT2D eigenvalue weighted by Gasteiger charge is 2.29. The van der Waals surface area contributed by atoms with Gasteiger partial charge in [0.1, 0.15) is 0 Å². The van der Waals surface area contributed by atoms with Gasteiger partial charge in [0.05, 0.1) is 5.60 Å². The summed E-state index contributed by atoms with van der Waals surface area (Å²) in [5.41, 5.74) is 1.31. The van der Waals surface area contributed by atoms with Crippen LogP contribution in [-0.2, 0) is 11.3 Å². The van der Waals surface area contributed by atoms with Crippen LogP contribution in [0.1, 0.15) is 31.7 Å². The van der Waals surface area contributed by atoms with Crippen LogP contribution in [0.25, 0.3) is 0 Å². The van der Waals surface area contributed by atoms with E-state index in [-0.39, 0.29) is 5.60 Å². The van der Waals surface area contributed by atoms with E-state index in [0.717, 1.165) is 58.0 Å². The minimum atomic E-state index is -0.0481. The van der Waals surface area contributed by atoms with Gasteiger partial charge in [-0.3, -0.25) is 4.99 Å². The number of hydrogen-bond acceptors (Lipinski definition) is 3. The smallest absolute Gasteiger partial charge is 0.191 e. The monoisotopic (exact) mass is 332 g/mol. The van der Waals surface area contributed by atoms with Crippen LogP contribution in [0.5, 0.6) is 0 Å². The molecule has 1 aliphatic rings. The molecule has 0 spiro atoms. The number of ether oxygens (including phenoxy) is 1. The maximum Gasteiger partial charge on any atom is 0.191 e. The van der Waals surface area contributed by atoms with Crippen molar-refractivity contribution in [2.24, 2.45) is 4.99 Å². The summed E-state index contributed by atoms with van der Waals surface area (Å²) in [5, 5.41) is 6.77. The lowest BCUT2D eigenvalue weighted by Gasteiger charge is -2.24. The molecular weight excluding hydrogens is 300 g/mol. The molecule has 1 aliphatic heterocycles. The third-order valence-corrected chi connectivity index (χ3v) is 4.46. The molecular formula is C19H32N4O. The zero-order chi connectivity index (χ0) is 17.3. The summed E-state index contributed by atoms with van der Waals surface area (Å²) in [6.07, 6.45) is 3.34. The van der Waals surface area contributed by atoms with Crippen molar-refractivity contribution in [3.05, 3.63) is 35.9 Å². The summed E-state index contributed by atoms with van der Waals surface area (Å²) in [7, 11) is 3.98. The number of nitrogens with one attached hydrogen (secondary N) is 2. The van der Waals surface area contributed by atoms with Crippen molar-refractivity contribution in [3.8, 4) is 0 Å². The minimum Gasteiger partial charge on any atom is -0.373 e. The Hall–Kier alpha value is -1.59. The molecule has 0 amide bonds. The third-order valence-electron chi connectivity index (χ3n) is 4.46. The van der Waals surface area contributed by atoms with Crippen molar-refractivity contribution >= 4 is 5.96 Å². The summed E-state index contributed by atoms with van der Waals surface area (Å²) in [6, 6.07) is 10.6. The average molecular weight is 332 g/mol. The van der Waals surface area contributed by atoms with Gasteiger partial charge in [0.25, 0.3) is 0 Å². The first-order valence-electron chi connectivity index (χ1n) is 8.92. The second kappa shape index (κ2) is 9.64. The minimum absolute atomic E-state index is 0.0481. The fourth-order valence-corrected chi connectivity index (χ4v) is 3.00. The number of nitrogens with zero attached hydrogens (tertiary/aromatic N) is 2. The van der Waals surface area contributed by atoms with Crippen molar-refractivity contribution in [1.82, 2.24) is 15.5 Å². The van der Waals surface area contributed by atoms with E-state index in [2.05, 4.69) is 64.8 Å². The molecule has 5 nitrogen and oxygen atoms in total. The molecule has 0 aromatic heterocycles. The quantitative estimate of drug-likeness (QED) is 0.435. The predicted molar refractivity (Wildman–Crippen MR) is 100 cm³/mol. The molecule has 1 saturated heterocycles.